The van der Waals surface area contributed by atoms with Crippen molar-refractivity contribution in [1.29, 1.82) is 5.41 Å². The van der Waals surface area contributed by atoms with Crippen molar-refractivity contribution in [2.45, 2.75) is 0 Å². The SMILES string of the molecule is COc1nn2ccccc2c1N=C1C=C(OCCO)C(=N)C=C1N. The van der Waals surface area contributed by atoms with Crippen molar-refractivity contribution < 1.29 is 14.6 Å². The number of nitrogens with zero attached hydrogens (tertiary/aromatic N) is 3. The summed E-state index contributed by atoms with van der Waals surface area (Å²) in [5.74, 6) is 0.667. The van der Waals surface area contributed by atoms with Crippen LogP contribution in [0.2, 0.25) is 0 Å². The Hall–Kier alpha value is -3.13. The van der Waals surface area contributed by atoms with Crippen molar-refractivity contribution in [3.05, 3.63) is 48.0 Å². The number of aliphatic imine (C=N–C) groups is 1. The van der Waals surface area contributed by atoms with Crippen LogP contribution in [0.1, 0.15) is 0 Å². The Kier molecular flexibility index (Phi) is 4.30. The number of pyridine rings is 1. The summed E-state index contributed by atoms with van der Waals surface area (Å²) in [6.45, 7) is -0.0482. The molecule has 8 nitrogen and oxygen atoms in total. The number of aromatic nitrogens is 2. The van der Waals surface area contributed by atoms with Gasteiger partial charge in [-0.3, -0.25) is 5.41 Å². The van der Waals surface area contributed by atoms with Crippen LogP contribution in [0.25, 0.3) is 5.52 Å². The summed E-state index contributed by atoms with van der Waals surface area (Å²) in [6, 6.07) is 5.60. The molecular weight excluding hydrogens is 310 g/mol. The van der Waals surface area contributed by atoms with Gasteiger partial charge in [0.15, 0.2) is 5.69 Å². The summed E-state index contributed by atoms with van der Waals surface area (Å²) >= 11 is 0. The van der Waals surface area contributed by atoms with E-state index in [1.165, 1.54) is 13.2 Å². The van der Waals surface area contributed by atoms with Crippen LogP contribution in [0, 0.1) is 5.41 Å². The van der Waals surface area contributed by atoms with Gasteiger partial charge in [0.05, 0.1) is 36.4 Å². The van der Waals surface area contributed by atoms with Crippen molar-refractivity contribution in [2.24, 2.45) is 10.7 Å². The van der Waals surface area contributed by atoms with Crippen molar-refractivity contribution in [3.8, 4) is 5.88 Å². The van der Waals surface area contributed by atoms with E-state index in [2.05, 4.69) is 10.1 Å². The molecule has 0 radical (unpaired) electrons. The molecule has 8 heteroatoms. The van der Waals surface area contributed by atoms with Gasteiger partial charge in [-0.05, 0) is 18.2 Å². The molecule has 2 aromatic heterocycles. The summed E-state index contributed by atoms with van der Waals surface area (Å²) in [7, 11) is 1.52. The predicted octanol–water partition coefficient (Wildman–Crippen LogP) is 1.18. The first-order valence-corrected chi connectivity index (χ1v) is 7.26. The van der Waals surface area contributed by atoms with Gasteiger partial charge in [-0.15, -0.1) is 5.10 Å². The number of fused-ring (bicyclic) bond motifs is 1. The normalized spacial score (nSPS) is 16.2. The third kappa shape index (κ3) is 2.86. The first-order valence-electron chi connectivity index (χ1n) is 7.26. The molecule has 2 aromatic rings. The molecule has 0 aliphatic heterocycles. The van der Waals surface area contributed by atoms with Gasteiger partial charge < -0.3 is 20.3 Å². The molecule has 0 saturated heterocycles. The molecule has 0 spiro atoms. The van der Waals surface area contributed by atoms with Crippen LogP contribution in [0.3, 0.4) is 0 Å². The van der Waals surface area contributed by atoms with E-state index in [4.69, 9.17) is 25.7 Å². The maximum Gasteiger partial charge on any atom is 0.259 e. The Morgan fingerprint density at radius 3 is 2.96 bits per heavy atom. The Morgan fingerprint density at radius 2 is 2.21 bits per heavy atom. The van der Waals surface area contributed by atoms with Crippen LogP contribution in [-0.4, -0.2) is 46.5 Å². The Labute approximate surface area is 138 Å². The van der Waals surface area contributed by atoms with Crippen molar-refractivity contribution >= 4 is 22.6 Å². The van der Waals surface area contributed by atoms with Gasteiger partial charge in [-0.1, -0.05) is 6.07 Å². The Balaban J connectivity index is 2.08. The van der Waals surface area contributed by atoms with Gasteiger partial charge in [-0.2, -0.15) is 0 Å². The number of aliphatic hydroxyl groups is 1. The van der Waals surface area contributed by atoms with Crippen LogP contribution in [-0.2, 0) is 4.74 Å². The second-order valence-corrected chi connectivity index (χ2v) is 4.98. The van der Waals surface area contributed by atoms with Gasteiger partial charge in [0.25, 0.3) is 5.88 Å². The zero-order chi connectivity index (χ0) is 17.1. The second kappa shape index (κ2) is 6.55. The van der Waals surface area contributed by atoms with Gasteiger partial charge >= 0.3 is 0 Å². The highest BCUT2D eigenvalue weighted by atomic mass is 16.5. The lowest BCUT2D eigenvalue weighted by atomic mass is 10.1. The summed E-state index contributed by atoms with van der Waals surface area (Å²) < 4.78 is 12.3. The molecule has 124 valence electrons. The number of rotatable bonds is 5. The van der Waals surface area contributed by atoms with E-state index in [-0.39, 0.29) is 18.9 Å². The lowest BCUT2D eigenvalue weighted by Crippen LogP contribution is -2.20. The van der Waals surface area contributed by atoms with E-state index in [9.17, 15) is 0 Å². The van der Waals surface area contributed by atoms with Crippen molar-refractivity contribution in [1.82, 2.24) is 9.61 Å². The van der Waals surface area contributed by atoms with Crippen molar-refractivity contribution in [3.63, 3.8) is 0 Å². The van der Waals surface area contributed by atoms with Gasteiger partial charge in [0.1, 0.15) is 12.4 Å². The molecule has 24 heavy (non-hydrogen) atoms. The molecule has 3 rings (SSSR count). The van der Waals surface area contributed by atoms with Crippen LogP contribution < -0.4 is 10.5 Å². The number of allylic oxidation sites excluding steroid dienone is 2. The minimum atomic E-state index is -0.141. The minimum Gasteiger partial charge on any atom is -0.489 e. The van der Waals surface area contributed by atoms with E-state index in [0.29, 0.717) is 28.7 Å². The molecule has 0 saturated carbocycles. The van der Waals surface area contributed by atoms with Crippen LogP contribution >= 0.6 is 0 Å². The molecule has 2 heterocycles. The van der Waals surface area contributed by atoms with E-state index in [1.807, 2.05) is 18.2 Å². The molecule has 1 aliphatic carbocycles. The minimum absolute atomic E-state index is 0.0925. The summed E-state index contributed by atoms with van der Waals surface area (Å²) in [6.07, 6.45) is 4.83. The second-order valence-electron chi connectivity index (χ2n) is 4.98. The Morgan fingerprint density at radius 1 is 1.38 bits per heavy atom. The lowest BCUT2D eigenvalue weighted by molar-refractivity contribution is 0.156. The first kappa shape index (κ1) is 15.8. The van der Waals surface area contributed by atoms with E-state index >= 15 is 0 Å². The van der Waals surface area contributed by atoms with Gasteiger partial charge in [0, 0.05) is 12.3 Å². The largest absolute Gasteiger partial charge is 0.489 e. The lowest BCUT2D eigenvalue weighted by Gasteiger charge is -2.14. The number of nitrogens with one attached hydrogen (secondary N) is 1. The van der Waals surface area contributed by atoms with Gasteiger partial charge in [0.2, 0.25) is 0 Å². The number of ether oxygens (including phenoxy) is 2. The standard InChI is InChI=1S/C16H17N5O3/c1-23-16-15(13-4-2-3-5-21(13)20-16)19-12-9-14(24-7-6-22)11(18)8-10(12)17/h2-5,8-9,18,22H,6-7,17H2,1H3. The Bertz CT molecular complexity index is 879. The summed E-state index contributed by atoms with van der Waals surface area (Å²) in [5, 5.41) is 21.1. The van der Waals surface area contributed by atoms with Crippen LogP contribution in [0.4, 0.5) is 5.69 Å². The monoisotopic (exact) mass is 327 g/mol. The average molecular weight is 327 g/mol. The predicted molar refractivity (Wildman–Crippen MR) is 90.0 cm³/mol. The molecule has 0 fully saturated rings. The number of nitrogens with two attached hydrogens (primary N) is 1. The fourth-order valence-electron chi connectivity index (χ4n) is 2.28. The average Bonchev–Trinajstić information content (AvgIpc) is 2.94. The maximum atomic E-state index is 8.87. The molecule has 0 atom stereocenters. The summed E-state index contributed by atoms with van der Waals surface area (Å²) in [5.41, 5.74) is 8.20. The zero-order valence-corrected chi connectivity index (χ0v) is 13.1. The zero-order valence-electron chi connectivity index (χ0n) is 13.1. The van der Waals surface area contributed by atoms with Gasteiger partial charge in [-0.25, -0.2) is 9.51 Å². The van der Waals surface area contributed by atoms with E-state index in [0.717, 1.165) is 5.52 Å². The molecule has 4 N–H and O–H groups in total. The molecule has 0 amide bonds. The van der Waals surface area contributed by atoms with E-state index in [1.54, 1.807) is 16.8 Å². The van der Waals surface area contributed by atoms with Crippen LogP contribution in [0.15, 0.2) is 53.0 Å². The highest BCUT2D eigenvalue weighted by Crippen LogP contribution is 2.32. The number of hydrogen-bond donors (Lipinski definition) is 3. The fourth-order valence-corrected chi connectivity index (χ4v) is 2.28. The first-order chi connectivity index (χ1) is 11.6. The molecule has 0 bridgehead atoms. The molecular formula is C16H17N5O3. The number of hydrogen-bond acceptors (Lipinski definition) is 7. The quantitative estimate of drug-likeness (QED) is 0.713. The molecule has 0 aromatic carbocycles. The molecule has 0 unspecified atom stereocenters. The van der Waals surface area contributed by atoms with Crippen molar-refractivity contribution in [2.75, 3.05) is 20.3 Å². The highest BCUT2D eigenvalue weighted by Gasteiger charge is 2.18. The smallest absolute Gasteiger partial charge is 0.259 e. The van der Waals surface area contributed by atoms with E-state index < -0.39 is 0 Å². The number of aliphatic hydroxyl groups excluding tert-OH is 1. The third-order valence-electron chi connectivity index (χ3n) is 3.39. The number of methoxy groups -OCH3 is 1. The third-order valence-corrected chi connectivity index (χ3v) is 3.39. The fraction of sp³-hybridized carbons (Fsp3) is 0.188. The molecule has 1 aliphatic rings. The summed E-state index contributed by atoms with van der Waals surface area (Å²) in [4.78, 5) is 4.55. The van der Waals surface area contributed by atoms with Crippen LogP contribution in [0.5, 0.6) is 5.88 Å². The maximum absolute atomic E-state index is 8.87. The highest BCUT2D eigenvalue weighted by molar-refractivity contribution is 6.22. The topological polar surface area (TPSA) is 118 Å².